The Morgan fingerprint density at radius 1 is 0.946 bits per heavy atom. The molecular weight excluding hydrogens is 484 g/mol. The highest BCUT2D eigenvalue weighted by Gasteiger charge is 2.29. The maximum absolute atomic E-state index is 12.5. The zero-order valence-electron chi connectivity index (χ0n) is 20.9. The molecule has 0 bridgehead atoms. The first-order valence-corrected chi connectivity index (χ1v) is 13.0. The molecule has 1 amide bonds. The molecule has 3 N–H and O–H groups in total. The Morgan fingerprint density at radius 3 is 2.19 bits per heavy atom. The molecule has 7 heteroatoms. The van der Waals surface area contributed by atoms with Crippen LogP contribution in [-0.4, -0.2) is 41.4 Å². The number of unbranched alkanes of at least 4 members (excludes halogenated alkanes) is 1. The van der Waals surface area contributed by atoms with Crippen molar-refractivity contribution in [3.63, 3.8) is 0 Å². The fourth-order valence-corrected chi connectivity index (χ4v) is 4.96. The Kier molecular flexibility index (Phi) is 8.90. The molecule has 0 aromatic heterocycles. The number of rotatable bonds is 11. The van der Waals surface area contributed by atoms with Gasteiger partial charge in [-0.2, -0.15) is 0 Å². The first-order chi connectivity index (χ1) is 17.9. The van der Waals surface area contributed by atoms with Crippen LogP contribution in [0.3, 0.4) is 0 Å². The third-order valence-electron chi connectivity index (χ3n) is 6.66. The second kappa shape index (κ2) is 12.5. The predicted octanol–water partition coefficient (Wildman–Crippen LogP) is 5.62. The van der Waals surface area contributed by atoms with Gasteiger partial charge in [-0.15, -0.1) is 0 Å². The molecule has 0 radical (unpaired) electrons. The molecule has 6 nitrogen and oxygen atoms in total. The summed E-state index contributed by atoms with van der Waals surface area (Å²) in [5.41, 5.74) is 6.87. The third kappa shape index (κ3) is 6.95. The zero-order valence-corrected chi connectivity index (χ0v) is 21.7. The Balaban J connectivity index is 1.20. The number of benzene rings is 3. The SMILES string of the molecule is Cc1ccc(CC(=S)NCCCCC(NC(=O)OCC2c3ccccc3-c3ccccc32)C(=O)O)cc1. The number of aliphatic carboxylic acids is 1. The van der Waals surface area contributed by atoms with E-state index in [-0.39, 0.29) is 12.5 Å². The standard InChI is InChI=1S/C30H32N2O4S/c1-20-13-15-21(16-14-20)18-28(37)31-17-7-6-12-27(29(33)34)32-30(35)36-19-26-24-10-4-2-8-22(24)23-9-3-5-11-25(23)26/h2-5,8-11,13-16,26-27H,6-7,12,17-19H2,1H3,(H,31,37)(H,32,35)(H,33,34). The number of fused-ring (bicyclic) bond motifs is 3. The summed E-state index contributed by atoms with van der Waals surface area (Å²) in [5.74, 6) is -1.15. The van der Waals surface area contributed by atoms with Crippen LogP contribution in [0.25, 0.3) is 11.1 Å². The Bertz CT molecular complexity index is 1210. The van der Waals surface area contributed by atoms with Gasteiger partial charge in [0.05, 0.1) is 4.99 Å². The topological polar surface area (TPSA) is 87.7 Å². The van der Waals surface area contributed by atoms with Gasteiger partial charge in [0, 0.05) is 18.9 Å². The molecule has 0 spiro atoms. The molecule has 3 aromatic rings. The number of carbonyl (C=O) groups excluding carboxylic acids is 1. The Morgan fingerprint density at radius 2 is 1.57 bits per heavy atom. The average molecular weight is 517 g/mol. The van der Waals surface area contributed by atoms with Crippen LogP contribution in [0, 0.1) is 6.92 Å². The van der Waals surface area contributed by atoms with E-state index in [1.807, 2.05) is 43.3 Å². The van der Waals surface area contributed by atoms with Crippen molar-refractivity contribution in [2.24, 2.45) is 0 Å². The summed E-state index contributed by atoms with van der Waals surface area (Å²) in [5, 5.41) is 15.3. The summed E-state index contributed by atoms with van der Waals surface area (Å²) in [7, 11) is 0. The number of hydrogen-bond donors (Lipinski definition) is 3. The number of thiocarbonyl (C=S) groups is 1. The van der Waals surface area contributed by atoms with Crippen LogP contribution in [0.15, 0.2) is 72.8 Å². The summed E-state index contributed by atoms with van der Waals surface area (Å²) < 4.78 is 5.50. The molecule has 192 valence electrons. The van der Waals surface area contributed by atoms with Gasteiger partial charge in [0.1, 0.15) is 12.6 Å². The molecule has 0 heterocycles. The molecule has 3 aromatic carbocycles. The minimum Gasteiger partial charge on any atom is -0.480 e. The van der Waals surface area contributed by atoms with Crippen molar-refractivity contribution in [3.05, 3.63) is 95.1 Å². The molecule has 1 aliphatic carbocycles. The van der Waals surface area contributed by atoms with E-state index < -0.39 is 18.1 Å². The van der Waals surface area contributed by atoms with Crippen LogP contribution in [0.5, 0.6) is 0 Å². The second-order valence-corrected chi connectivity index (χ2v) is 9.86. The fraction of sp³-hybridized carbons (Fsp3) is 0.300. The van der Waals surface area contributed by atoms with Crippen molar-refractivity contribution in [2.45, 2.75) is 44.6 Å². The summed E-state index contributed by atoms with van der Waals surface area (Å²) >= 11 is 5.41. The minimum absolute atomic E-state index is 0.0729. The van der Waals surface area contributed by atoms with E-state index in [0.717, 1.165) is 39.2 Å². The van der Waals surface area contributed by atoms with Crippen molar-refractivity contribution in [3.8, 4) is 11.1 Å². The van der Waals surface area contributed by atoms with E-state index in [1.54, 1.807) is 0 Å². The number of hydrogen-bond acceptors (Lipinski definition) is 4. The van der Waals surface area contributed by atoms with Gasteiger partial charge in [-0.05, 0) is 54.0 Å². The first-order valence-electron chi connectivity index (χ1n) is 12.6. The number of aryl methyl sites for hydroxylation is 1. The highest BCUT2D eigenvalue weighted by molar-refractivity contribution is 7.80. The highest BCUT2D eigenvalue weighted by Crippen LogP contribution is 2.44. The van der Waals surface area contributed by atoms with Crippen molar-refractivity contribution in [1.29, 1.82) is 0 Å². The summed E-state index contributed by atoms with van der Waals surface area (Å²) in [6.45, 7) is 2.85. The van der Waals surface area contributed by atoms with Gasteiger partial charge in [-0.1, -0.05) is 90.6 Å². The van der Waals surface area contributed by atoms with Gasteiger partial charge in [0.25, 0.3) is 0 Å². The largest absolute Gasteiger partial charge is 0.480 e. The first kappa shape index (κ1) is 26.4. The van der Waals surface area contributed by atoms with Crippen LogP contribution < -0.4 is 10.6 Å². The molecule has 0 saturated heterocycles. The molecule has 0 saturated carbocycles. The van der Waals surface area contributed by atoms with Gasteiger partial charge in [0.15, 0.2) is 0 Å². The van der Waals surface area contributed by atoms with E-state index in [0.29, 0.717) is 25.8 Å². The number of nitrogens with one attached hydrogen (secondary N) is 2. The third-order valence-corrected chi connectivity index (χ3v) is 6.95. The maximum Gasteiger partial charge on any atom is 0.407 e. The second-order valence-electron chi connectivity index (χ2n) is 9.37. The van der Waals surface area contributed by atoms with Gasteiger partial charge >= 0.3 is 12.1 Å². The van der Waals surface area contributed by atoms with Crippen LogP contribution in [-0.2, 0) is 16.0 Å². The quantitative estimate of drug-likeness (QED) is 0.227. The van der Waals surface area contributed by atoms with E-state index in [4.69, 9.17) is 17.0 Å². The van der Waals surface area contributed by atoms with Gasteiger partial charge < -0.3 is 20.5 Å². The van der Waals surface area contributed by atoms with E-state index in [2.05, 4.69) is 47.0 Å². The summed E-state index contributed by atoms with van der Waals surface area (Å²) in [6, 6.07) is 23.4. The molecule has 4 rings (SSSR count). The lowest BCUT2D eigenvalue weighted by molar-refractivity contribution is -0.139. The van der Waals surface area contributed by atoms with Crippen molar-refractivity contribution in [1.82, 2.24) is 10.6 Å². The maximum atomic E-state index is 12.5. The van der Waals surface area contributed by atoms with Crippen LogP contribution in [0.4, 0.5) is 4.79 Å². The van der Waals surface area contributed by atoms with Crippen LogP contribution >= 0.6 is 12.2 Å². The summed E-state index contributed by atoms with van der Waals surface area (Å²) in [6.07, 6.45) is 1.64. The van der Waals surface area contributed by atoms with Gasteiger partial charge in [-0.25, -0.2) is 9.59 Å². The van der Waals surface area contributed by atoms with E-state index in [9.17, 15) is 14.7 Å². The van der Waals surface area contributed by atoms with Crippen LogP contribution in [0.2, 0.25) is 0 Å². The monoisotopic (exact) mass is 516 g/mol. The average Bonchev–Trinajstić information content (AvgIpc) is 3.21. The van der Waals surface area contributed by atoms with E-state index in [1.165, 1.54) is 5.56 Å². The number of alkyl carbamates (subject to hydrolysis) is 1. The molecule has 1 atom stereocenters. The molecular formula is C30H32N2O4S. The predicted molar refractivity (Wildman–Crippen MR) is 149 cm³/mol. The van der Waals surface area contributed by atoms with E-state index >= 15 is 0 Å². The highest BCUT2D eigenvalue weighted by atomic mass is 32.1. The summed E-state index contributed by atoms with van der Waals surface area (Å²) in [4.78, 5) is 25.0. The van der Waals surface area contributed by atoms with Gasteiger partial charge in [-0.3, -0.25) is 0 Å². The number of amides is 1. The number of ether oxygens (including phenoxy) is 1. The number of carboxylic acid groups (broad SMARTS) is 1. The Labute approximate surface area is 223 Å². The molecule has 1 aliphatic rings. The lowest BCUT2D eigenvalue weighted by Gasteiger charge is -2.17. The molecule has 37 heavy (non-hydrogen) atoms. The van der Waals surface area contributed by atoms with Gasteiger partial charge in [0.2, 0.25) is 0 Å². The molecule has 0 aliphatic heterocycles. The van der Waals surface area contributed by atoms with Crippen molar-refractivity contribution < 1.29 is 19.4 Å². The lowest BCUT2D eigenvalue weighted by Crippen LogP contribution is -2.41. The van der Waals surface area contributed by atoms with Crippen LogP contribution in [0.1, 0.15) is 47.4 Å². The Hall–Kier alpha value is -3.71. The molecule has 1 unspecified atom stereocenters. The van der Waals surface area contributed by atoms with Crippen molar-refractivity contribution >= 4 is 29.3 Å². The fourth-order valence-electron chi connectivity index (χ4n) is 4.69. The zero-order chi connectivity index (χ0) is 26.2. The normalized spacial score (nSPS) is 12.8. The lowest BCUT2D eigenvalue weighted by atomic mass is 9.98. The van der Waals surface area contributed by atoms with Crippen molar-refractivity contribution in [2.75, 3.05) is 13.2 Å². The minimum atomic E-state index is -1.07. The molecule has 0 fully saturated rings. The smallest absolute Gasteiger partial charge is 0.407 e. The number of carboxylic acids is 1. The number of carbonyl (C=O) groups is 2.